The third-order valence-electron chi connectivity index (χ3n) is 4.92. The molecule has 3 rings (SSSR count). The Morgan fingerprint density at radius 1 is 1.20 bits per heavy atom. The average Bonchev–Trinajstić information content (AvgIpc) is 2.66. The van der Waals surface area contributed by atoms with Gasteiger partial charge in [-0.25, -0.2) is 0 Å². The number of benzene rings is 1. The second-order valence-electron chi connectivity index (χ2n) is 6.41. The highest BCUT2D eigenvalue weighted by Crippen LogP contribution is 2.36. The molecule has 0 aromatic heterocycles. The largest absolute Gasteiger partial charge is 0.393 e. The van der Waals surface area contributed by atoms with Gasteiger partial charge in [-0.1, -0.05) is 18.2 Å². The number of amides is 1. The van der Waals surface area contributed by atoms with Gasteiger partial charge in [-0.05, 0) is 56.2 Å². The molecule has 2 heterocycles. The van der Waals surface area contributed by atoms with E-state index < -0.39 is 0 Å². The first-order valence-electron chi connectivity index (χ1n) is 7.60. The van der Waals surface area contributed by atoms with Crippen molar-refractivity contribution in [3.05, 3.63) is 34.9 Å². The SMILES string of the molecule is Cc1ccc(CC(=O)N2C3CCC2CC(O)C3)cc1C. The molecule has 108 valence electrons. The molecule has 1 aromatic carbocycles. The van der Waals surface area contributed by atoms with Crippen molar-refractivity contribution in [3.63, 3.8) is 0 Å². The Labute approximate surface area is 120 Å². The van der Waals surface area contributed by atoms with Crippen LogP contribution in [0.3, 0.4) is 0 Å². The van der Waals surface area contributed by atoms with E-state index in [2.05, 4.69) is 36.9 Å². The summed E-state index contributed by atoms with van der Waals surface area (Å²) in [4.78, 5) is 14.6. The molecule has 2 saturated heterocycles. The first-order valence-corrected chi connectivity index (χ1v) is 7.60. The lowest BCUT2D eigenvalue weighted by molar-refractivity contribution is -0.136. The highest BCUT2D eigenvalue weighted by atomic mass is 16.3. The fraction of sp³-hybridized carbons (Fsp3) is 0.588. The van der Waals surface area contributed by atoms with E-state index in [1.807, 2.05) is 0 Å². The number of carbonyl (C=O) groups excluding carboxylic acids is 1. The van der Waals surface area contributed by atoms with Crippen molar-refractivity contribution in [2.75, 3.05) is 0 Å². The monoisotopic (exact) mass is 273 g/mol. The van der Waals surface area contributed by atoms with Crippen molar-refractivity contribution in [2.45, 2.75) is 64.1 Å². The van der Waals surface area contributed by atoms with E-state index in [9.17, 15) is 9.90 Å². The Morgan fingerprint density at radius 2 is 1.85 bits per heavy atom. The minimum atomic E-state index is -0.210. The van der Waals surface area contributed by atoms with Gasteiger partial charge in [-0.3, -0.25) is 4.79 Å². The standard InChI is InChI=1S/C17H23NO2/c1-11-3-4-13(7-12(11)2)8-17(20)18-14-5-6-15(18)10-16(19)9-14/h3-4,7,14-16,19H,5-6,8-10H2,1-2H3. The number of aliphatic hydroxyl groups is 1. The number of fused-ring (bicyclic) bond motifs is 2. The summed E-state index contributed by atoms with van der Waals surface area (Å²) in [5.74, 6) is 0.229. The first-order chi connectivity index (χ1) is 9.54. The fourth-order valence-corrected chi connectivity index (χ4v) is 3.73. The van der Waals surface area contributed by atoms with Gasteiger partial charge >= 0.3 is 0 Å². The zero-order chi connectivity index (χ0) is 14.3. The van der Waals surface area contributed by atoms with Gasteiger partial charge in [0.2, 0.25) is 5.91 Å². The lowest BCUT2D eigenvalue weighted by Crippen LogP contribution is -2.48. The van der Waals surface area contributed by atoms with Crippen molar-refractivity contribution in [2.24, 2.45) is 0 Å². The molecule has 0 saturated carbocycles. The van der Waals surface area contributed by atoms with E-state index in [0.29, 0.717) is 6.42 Å². The Hall–Kier alpha value is -1.35. The number of aliphatic hydroxyl groups excluding tert-OH is 1. The lowest BCUT2D eigenvalue weighted by atomic mass is 9.98. The number of piperidine rings is 1. The van der Waals surface area contributed by atoms with Gasteiger partial charge in [0.15, 0.2) is 0 Å². The smallest absolute Gasteiger partial charge is 0.227 e. The van der Waals surface area contributed by atoms with Crippen molar-refractivity contribution in [3.8, 4) is 0 Å². The van der Waals surface area contributed by atoms with Crippen LogP contribution in [-0.2, 0) is 11.2 Å². The maximum absolute atomic E-state index is 12.6. The molecule has 1 aromatic rings. The maximum atomic E-state index is 12.6. The molecule has 1 amide bonds. The fourth-order valence-electron chi connectivity index (χ4n) is 3.73. The van der Waals surface area contributed by atoms with Gasteiger partial charge in [-0.15, -0.1) is 0 Å². The summed E-state index contributed by atoms with van der Waals surface area (Å²) in [6.07, 6.45) is 3.91. The van der Waals surface area contributed by atoms with Crippen molar-refractivity contribution < 1.29 is 9.90 Å². The molecule has 1 N–H and O–H groups in total. The molecule has 0 spiro atoms. The number of hydrogen-bond donors (Lipinski definition) is 1. The van der Waals surface area contributed by atoms with Crippen molar-refractivity contribution >= 4 is 5.91 Å². The van der Waals surface area contributed by atoms with Crippen LogP contribution in [0.15, 0.2) is 18.2 Å². The van der Waals surface area contributed by atoms with E-state index in [1.165, 1.54) is 11.1 Å². The van der Waals surface area contributed by atoms with Crippen LogP contribution in [0, 0.1) is 13.8 Å². The highest BCUT2D eigenvalue weighted by Gasteiger charge is 2.42. The van der Waals surface area contributed by atoms with E-state index in [1.54, 1.807) is 0 Å². The molecule has 2 atom stereocenters. The Balaban J connectivity index is 1.72. The molecule has 2 bridgehead atoms. The predicted octanol–water partition coefficient (Wildman–Crippen LogP) is 2.36. The number of aryl methyl sites for hydroxylation is 2. The molecule has 3 heteroatoms. The van der Waals surface area contributed by atoms with Crippen LogP contribution in [0.2, 0.25) is 0 Å². The molecule has 2 aliphatic heterocycles. The third-order valence-corrected chi connectivity index (χ3v) is 4.92. The van der Waals surface area contributed by atoms with E-state index in [4.69, 9.17) is 0 Å². The molecular weight excluding hydrogens is 250 g/mol. The van der Waals surface area contributed by atoms with Crippen molar-refractivity contribution in [1.29, 1.82) is 0 Å². The Morgan fingerprint density at radius 3 is 2.45 bits per heavy atom. The van der Waals surface area contributed by atoms with Gasteiger partial charge < -0.3 is 10.0 Å². The summed E-state index contributed by atoms with van der Waals surface area (Å²) in [5, 5.41) is 9.81. The van der Waals surface area contributed by atoms with E-state index in [-0.39, 0.29) is 24.1 Å². The summed E-state index contributed by atoms with van der Waals surface area (Å²) >= 11 is 0. The normalized spacial score (nSPS) is 28.8. The zero-order valence-electron chi connectivity index (χ0n) is 12.3. The minimum absolute atomic E-state index is 0.210. The number of carbonyl (C=O) groups is 1. The number of hydrogen-bond acceptors (Lipinski definition) is 2. The molecule has 2 aliphatic rings. The topological polar surface area (TPSA) is 40.5 Å². The maximum Gasteiger partial charge on any atom is 0.227 e. The van der Waals surface area contributed by atoms with Gasteiger partial charge in [0.05, 0.1) is 12.5 Å². The Bertz CT molecular complexity index is 512. The quantitative estimate of drug-likeness (QED) is 0.898. The Kier molecular flexibility index (Phi) is 3.55. The lowest BCUT2D eigenvalue weighted by Gasteiger charge is -2.37. The summed E-state index contributed by atoms with van der Waals surface area (Å²) in [7, 11) is 0. The summed E-state index contributed by atoms with van der Waals surface area (Å²) in [5.41, 5.74) is 3.61. The van der Waals surface area contributed by atoms with E-state index in [0.717, 1.165) is 31.2 Å². The molecule has 2 unspecified atom stereocenters. The van der Waals surface area contributed by atoms with E-state index >= 15 is 0 Å². The second kappa shape index (κ2) is 5.21. The van der Waals surface area contributed by atoms with Crippen LogP contribution < -0.4 is 0 Å². The minimum Gasteiger partial charge on any atom is -0.393 e. The van der Waals surface area contributed by atoms with Crippen LogP contribution in [-0.4, -0.2) is 34.1 Å². The van der Waals surface area contributed by atoms with Crippen LogP contribution in [0.5, 0.6) is 0 Å². The van der Waals surface area contributed by atoms with Crippen molar-refractivity contribution in [1.82, 2.24) is 4.90 Å². The average molecular weight is 273 g/mol. The summed E-state index contributed by atoms with van der Waals surface area (Å²) < 4.78 is 0. The number of rotatable bonds is 2. The molecule has 3 nitrogen and oxygen atoms in total. The zero-order valence-corrected chi connectivity index (χ0v) is 12.3. The third kappa shape index (κ3) is 2.47. The van der Waals surface area contributed by atoms with Crippen LogP contribution in [0.25, 0.3) is 0 Å². The predicted molar refractivity (Wildman–Crippen MR) is 78.5 cm³/mol. The van der Waals surface area contributed by atoms with Gasteiger partial charge in [-0.2, -0.15) is 0 Å². The van der Waals surface area contributed by atoms with Gasteiger partial charge in [0.1, 0.15) is 0 Å². The molecule has 2 fully saturated rings. The molecule has 20 heavy (non-hydrogen) atoms. The second-order valence-corrected chi connectivity index (χ2v) is 6.41. The van der Waals surface area contributed by atoms with Gasteiger partial charge in [0.25, 0.3) is 0 Å². The molecule has 0 aliphatic carbocycles. The van der Waals surface area contributed by atoms with Gasteiger partial charge in [0, 0.05) is 12.1 Å². The van der Waals surface area contributed by atoms with Crippen LogP contribution >= 0.6 is 0 Å². The summed E-state index contributed by atoms with van der Waals surface area (Å²) in [6.45, 7) is 4.18. The molecular formula is C17H23NO2. The summed E-state index contributed by atoms with van der Waals surface area (Å²) in [6, 6.07) is 6.80. The number of nitrogens with zero attached hydrogens (tertiary/aromatic N) is 1. The van der Waals surface area contributed by atoms with Crippen LogP contribution in [0.4, 0.5) is 0 Å². The molecule has 0 radical (unpaired) electrons. The highest BCUT2D eigenvalue weighted by molar-refractivity contribution is 5.80. The van der Waals surface area contributed by atoms with Crippen LogP contribution in [0.1, 0.15) is 42.4 Å². The first kappa shape index (κ1) is 13.6.